The Morgan fingerprint density at radius 1 is 1.00 bits per heavy atom. The summed E-state index contributed by atoms with van der Waals surface area (Å²) in [7, 11) is -3.60. The molecule has 0 radical (unpaired) electrons. The molecule has 1 atom stereocenters. The van der Waals surface area contributed by atoms with Gasteiger partial charge in [-0.25, -0.2) is 0 Å². The summed E-state index contributed by atoms with van der Waals surface area (Å²) in [5, 5.41) is 12.1. The zero-order chi connectivity index (χ0) is 13.1. The third-order valence-corrected chi connectivity index (χ3v) is 4.52. The van der Waals surface area contributed by atoms with Crippen molar-refractivity contribution < 1.29 is 37.6 Å². The molecular weight excluding hydrogens is 234 g/mol. The summed E-state index contributed by atoms with van der Waals surface area (Å²) in [5.74, 6) is -1.37. The molecule has 98 valence electrons. The van der Waals surface area contributed by atoms with Crippen molar-refractivity contribution >= 4 is 7.60 Å². The molecule has 0 bridgehead atoms. The first-order chi connectivity index (χ1) is 6.99. The smallest absolute Gasteiger partial charge is 0.843 e. The molecule has 0 saturated carbocycles. The SMILES string of the molecule is CC(C)OP(=O)(OC(C)C)C([O-])C(C)(C)C.[Li+]. The standard InChI is InChI=1S/C11H24O4P.Li/c1-8(2)14-16(13,15-9(3)4)10(12)11(5,6)7;/h8-10H,1-7H3;/q-1;+1. The quantitative estimate of drug-likeness (QED) is 0.504. The van der Waals surface area contributed by atoms with Gasteiger partial charge in [-0.2, -0.15) is 0 Å². The van der Waals surface area contributed by atoms with E-state index in [0.717, 1.165) is 0 Å². The van der Waals surface area contributed by atoms with Crippen molar-refractivity contribution in [3.8, 4) is 0 Å². The van der Waals surface area contributed by atoms with E-state index in [1.807, 2.05) is 0 Å². The molecule has 0 rings (SSSR count). The van der Waals surface area contributed by atoms with Crippen molar-refractivity contribution in [3.05, 3.63) is 0 Å². The van der Waals surface area contributed by atoms with Gasteiger partial charge in [-0.05, 0) is 39.0 Å². The molecule has 0 heterocycles. The van der Waals surface area contributed by atoms with Crippen LogP contribution in [0.4, 0.5) is 0 Å². The molecule has 0 N–H and O–H groups in total. The zero-order valence-corrected chi connectivity index (χ0v) is 13.2. The minimum atomic E-state index is -3.60. The van der Waals surface area contributed by atoms with Crippen LogP contribution >= 0.6 is 7.60 Å². The summed E-state index contributed by atoms with van der Waals surface area (Å²) >= 11 is 0. The average Bonchev–Trinajstić information content (AvgIpc) is 1.97. The minimum Gasteiger partial charge on any atom is -0.843 e. The molecule has 0 aliphatic rings. The van der Waals surface area contributed by atoms with Gasteiger partial charge in [0.15, 0.2) is 0 Å². The van der Waals surface area contributed by atoms with Crippen LogP contribution in [0, 0.1) is 5.41 Å². The van der Waals surface area contributed by atoms with E-state index < -0.39 is 18.9 Å². The number of hydrogen-bond acceptors (Lipinski definition) is 4. The summed E-state index contributed by atoms with van der Waals surface area (Å²) in [6, 6.07) is 0. The van der Waals surface area contributed by atoms with Crippen molar-refractivity contribution in [2.45, 2.75) is 66.5 Å². The molecule has 6 heteroatoms. The third kappa shape index (κ3) is 7.01. The van der Waals surface area contributed by atoms with E-state index in [-0.39, 0.29) is 31.1 Å². The fourth-order valence-corrected chi connectivity index (χ4v) is 3.59. The predicted molar refractivity (Wildman–Crippen MR) is 63.3 cm³/mol. The molecule has 0 aromatic carbocycles. The van der Waals surface area contributed by atoms with Crippen molar-refractivity contribution in [1.82, 2.24) is 0 Å². The molecule has 0 saturated heterocycles. The molecule has 0 aliphatic carbocycles. The van der Waals surface area contributed by atoms with Crippen LogP contribution in [0.2, 0.25) is 0 Å². The normalized spacial score (nSPS) is 14.9. The van der Waals surface area contributed by atoms with E-state index in [1.54, 1.807) is 48.5 Å². The Labute approximate surface area is 117 Å². The van der Waals surface area contributed by atoms with E-state index in [9.17, 15) is 9.67 Å². The first-order valence-corrected chi connectivity index (χ1v) is 7.22. The van der Waals surface area contributed by atoms with Gasteiger partial charge in [0.2, 0.25) is 0 Å². The van der Waals surface area contributed by atoms with Crippen LogP contribution in [0.25, 0.3) is 0 Å². The van der Waals surface area contributed by atoms with Crippen LogP contribution in [-0.4, -0.2) is 18.1 Å². The third-order valence-electron chi connectivity index (χ3n) is 1.74. The van der Waals surface area contributed by atoms with E-state index >= 15 is 0 Å². The summed E-state index contributed by atoms with van der Waals surface area (Å²) < 4.78 is 22.9. The Bertz CT molecular complexity index is 247. The fraction of sp³-hybridized carbons (Fsp3) is 1.00. The first-order valence-electron chi connectivity index (χ1n) is 5.61. The molecule has 0 fully saturated rings. The maximum Gasteiger partial charge on any atom is 1.00 e. The maximum absolute atomic E-state index is 12.4. The van der Waals surface area contributed by atoms with Gasteiger partial charge in [0.05, 0.1) is 12.2 Å². The molecule has 17 heavy (non-hydrogen) atoms. The van der Waals surface area contributed by atoms with Crippen molar-refractivity contribution in [2.24, 2.45) is 5.41 Å². The minimum absolute atomic E-state index is 0. The Kier molecular flexibility index (Phi) is 8.64. The molecule has 0 aromatic heterocycles. The Balaban J connectivity index is 0. The Morgan fingerprint density at radius 3 is 1.47 bits per heavy atom. The maximum atomic E-state index is 12.4. The van der Waals surface area contributed by atoms with Gasteiger partial charge in [0.25, 0.3) is 0 Å². The average molecular weight is 258 g/mol. The Morgan fingerprint density at radius 2 is 1.29 bits per heavy atom. The second kappa shape index (κ2) is 7.33. The molecule has 1 unspecified atom stereocenters. The van der Waals surface area contributed by atoms with Gasteiger partial charge in [0, 0.05) is 0 Å². The molecule has 0 aliphatic heterocycles. The molecule has 4 nitrogen and oxygen atoms in total. The van der Waals surface area contributed by atoms with E-state index in [1.165, 1.54) is 0 Å². The summed E-state index contributed by atoms with van der Waals surface area (Å²) in [6.07, 6.45) is -0.577. The molecule has 0 amide bonds. The van der Waals surface area contributed by atoms with Crippen molar-refractivity contribution in [3.63, 3.8) is 0 Å². The van der Waals surface area contributed by atoms with Gasteiger partial charge in [-0.15, -0.1) is 0 Å². The summed E-state index contributed by atoms with van der Waals surface area (Å²) in [5.41, 5.74) is -0.653. The van der Waals surface area contributed by atoms with Crippen LogP contribution in [0.3, 0.4) is 0 Å². The van der Waals surface area contributed by atoms with Crippen molar-refractivity contribution in [2.75, 3.05) is 0 Å². The second-order valence-electron chi connectivity index (χ2n) is 5.57. The Hall–Kier alpha value is 0.707. The van der Waals surface area contributed by atoms with Crippen LogP contribution in [-0.2, 0) is 13.6 Å². The van der Waals surface area contributed by atoms with Gasteiger partial charge in [-0.1, -0.05) is 20.8 Å². The molecular formula is C11H24LiO4P. The van der Waals surface area contributed by atoms with Gasteiger partial charge >= 0.3 is 26.5 Å². The first kappa shape index (κ1) is 20.0. The molecule has 0 spiro atoms. The van der Waals surface area contributed by atoms with E-state index in [0.29, 0.717) is 0 Å². The zero-order valence-electron chi connectivity index (χ0n) is 12.3. The van der Waals surface area contributed by atoms with Crippen LogP contribution in [0.5, 0.6) is 0 Å². The van der Waals surface area contributed by atoms with Crippen LogP contribution in [0.1, 0.15) is 48.5 Å². The van der Waals surface area contributed by atoms with Gasteiger partial charge < -0.3 is 14.2 Å². The summed E-state index contributed by atoms with van der Waals surface area (Å²) in [6.45, 7) is 12.2. The number of rotatable bonds is 5. The summed E-state index contributed by atoms with van der Waals surface area (Å²) in [4.78, 5) is 0. The predicted octanol–water partition coefficient (Wildman–Crippen LogP) is -0.234. The topological polar surface area (TPSA) is 58.6 Å². The van der Waals surface area contributed by atoms with E-state index in [2.05, 4.69) is 0 Å². The largest absolute Gasteiger partial charge is 1.00 e. The molecule has 0 aromatic rings. The van der Waals surface area contributed by atoms with Gasteiger partial charge in [0.1, 0.15) is 0 Å². The second-order valence-corrected chi connectivity index (χ2v) is 7.54. The fourth-order valence-electron chi connectivity index (χ4n) is 1.20. The monoisotopic (exact) mass is 258 g/mol. The van der Waals surface area contributed by atoms with Crippen LogP contribution in [0.15, 0.2) is 0 Å². The van der Waals surface area contributed by atoms with E-state index in [4.69, 9.17) is 9.05 Å². The number of hydrogen-bond donors (Lipinski definition) is 0. The van der Waals surface area contributed by atoms with Gasteiger partial charge in [-0.3, -0.25) is 4.57 Å². The van der Waals surface area contributed by atoms with Crippen molar-refractivity contribution in [1.29, 1.82) is 0 Å². The van der Waals surface area contributed by atoms with Crippen LogP contribution < -0.4 is 24.0 Å².